The number of unbranched alkanes of at least 4 members (excludes halogenated alkanes) is 1. The fraction of sp³-hybridized carbons (Fsp3) is 0.385. The van der Waals surface area contributed by atoms with Crippen molar-refractivity contribution >= 4 is 21.8 Å². The lowest BCUT2D eigenvalue weighted by Gasteiger charge is -2.28. The molecule has 3 nitrogen and oxygen atoms in total. The van der Waals surface area contributed by atoms with E-state index in [0.29, 0.717) is 11.3 Å². The molecule has 1 unspecified atom stereocenters. The van der Waals surface area contributed by atoms with Crippen molar-refractivity contribution in [1.82, 2.24) is 14.5 Å². The van der Waals surface area contributed by atoms with Crippen LogP contribution in [0.1, 0.15) is 64.9 Å². The summed E-state index contributed by atoms with van der Waals surface area (Å²) in [4.78, 5) is 8.73. The Balaban J connectivity index is 1.66. The first-order chi connectivity index (χ1) is 14.0. The van der Waals surface area contributed by atoms with E-state index in [-0.39, 0.29) is 0 Å². The Hall–Kier alpha value is -2.68. The maximum absolute atomic E-state index is 4.36. The predicted molar refractivity (Wildman–Crippen MR) is 123 cm³/mol. The molecule has 0 amide bonds. The maximum atomic E-state index is 4.36. The predicted octanol–water partition coefficient (Wildman–Crippen LogP) is 7.28. The van der Waals surface area contributed by atoms with Crippen molar-refractivity contribution < 1.29 is 0 Å². The molecule has 3 heterocycles. The summed E-state index contributed by atoms with van der Waals surface area (Å²) in [5, 5.41) is 2.43. The zero-order chi connectivity index (χ0) is 20.4. The highest BCUT2D eigenvalue weighted by Crippen LogP contribution is 2.36. The topological polar surface area (TPSA) is 30.7 Å². The van der Waals surface area contributed by atoms with Crippen LogP contribution in [0.25, 0.3) is 27.5 Å². The molecule has 0 aliphatic carbocycles. The second-order valence-electron chi connectivity index (χ2n) is 9.09. The summed E-state index contributed by atoms with van der Waals surface area (Å²) in [6.07, 6.45) is 12.7. The van der Waals surface area contributed by atoms with E-state index in [2.05, 4.69) is 78.6 Å². The highest BCUT2D eigenvalue weighted by atomic mass is 15.0. The molecule has 3 aromatic heterocycles. The maximum Gasteiger partial charge on any atom is 0.0725 e. The van der Waals surface area contributed by atoms with E-state index in [0.717, 1.165) is 16.7 Å². The van der Waals surface area contributed by atoms with E-state index in [4.69, 9.17) is 0 Å². The lowest BCUT2D eigenvalue weighted by molar-refractivity contribution is 0.278. The molecule has 150 valence electrons. The van der Waals surface area contributed by atoms with Gasteiger partial charge in [-0.05, 0) is 54.0 Å². The number of benzene rings is 1. The normalized spacial score (nSPS) is 13.2. The molecule has 1 aromatic carbocycles. The summed E-state index contributed by atoms with van der Waals surface area (Å²) in [5.41, 5.74) is 5.20. The van der Waals surface area contributed by atoms with E-state index in [1.165, 1.54) is 42.0 Å². The Morgan fingerprint density at radius 2 is 1.48 bits per heavy atom. The molecule has 0 saturated carbocycles. The van der Waals surface area contributed by atoms with Gasteiger partial charge in [-0.25, -0.2) is 0 Å². The van der Waals surface area contributed by atoms with E-state index in [9.17, 15) is 0 Å². The van der Waals surface area contributed by atoms with Crippen LogP contribution in [-0.4, -0.2) is 14.5 Å². The standard InChI is InChI=1S/C26H31N3/c1-5-6-13-26(3,4)16-19(2)20-7-9-21(10-8-20)29-24-17-27-14-11-22(24)23-12-15-28-18-25(23)29/h7-12,14-15,17-19H,5-6,13,16H2,1-4H3. The van der Waals surface area contributed by atoms with Crippen molar-refractivity contribution in [2.45, 2.75) is 59.3 Å². The van der Waals surface area contributed by atoms with Crippen LogP contribution in [0.4, 0.5) is 0 Å². The smallest absolute Gasteiger partial charge is 0.0725 e. The van der Waals surface area contributed by atoms with Crippen LogP contribution < -0.4 is 0 Å². The van der Waals surface area contributed by atoms with Crippen molar-refractivity contribution in [1.29, 1.82) is 0 Å². The van der Waals surface area contributed by atoms with Crippen molar-refractivity contribution in [3.8, 4) is 5.69 Å². The third-order valence-electron chi connectivity index (χ3n) is 6.16. The first-order valence-electron chi connectivity index (χ1n) is 10.8. The number of pyridine rings is 2. The monoisotopic (exact) mass is 385 g/mol. The highest BCUT2D eigenvalue weighted by molar-refractivity contribution is 6.08. The third kappa shape index (κ3) is 3.91. The summed E-state index contributed by atoms with van der Waals surface area (Å²) < 4.78 is 2.27. The molecule has 3 heteroatoms. The van der Waals surface area contributed by atoms with Gasteiger partial charge in [0, 0.05) is 28.9 Å². The molecule has 1 atom stereocenters. The van der Waals surface area contributed by atoms with Gasteiger partial charge in [0.05, 0.1) is 23.4 Å². The molecule has 0 saturated heterocycles. The number of rotatable bonds is 7. The van der Waals surface area contributed by atoms with Gasteiger partial charge in [0.15, 0.2) is 0 Å². The summed E-state index contributed by atoms with van der Waals surface area (Å²) >= 11 is 0. The van der Waals surface area contributed by atoms with Crippen LogP contribution in [0.2, 0.25) is 0 Å². The van der Waals surface area contributed by atoms with Gasteiger partial charge in [0.25, 0.3) is 0 Å². The van der Waals surface area contributed by atoms with Crippen LogP contribution in [0.15, 0.2) is 61.2 Å². The van der Waals surface area contributed by atoms with Crippen LogP contribution in [0.3, 0.4) is 0 Å². The number of hydrogen-bond acceptors (Lipinski definition) is 2. The van der Waals surface area contributed by atoms with E-state index >= 15 is 0 Å². The largest absolute Gasteiger partial charge is 0.306 e. The summed E-state index contributed by atoms with van der Waals surface area (Å²) in [6.45, 7) is 9.45. The molecule has 0 spiro atoms. The average Bonchev–Trinajstić information content (AvgIpc) is 3.07. The molecule has 0 aliphatic heterocycles. The summed E-state index contributed by atoms with van der Waals surface area (Å²) in [6, 6.07) is 13.2. The molecule has 4 rings (SSSR count). The van der Waals surface area contributed by atoms with Gasteiger partial charge in [0.1, 0.15) is 0 Å². The van der Waals surface area contributed by atoms with E-state index in [1.54, 1.807) is 0 Å². The number of aromatic nitrogens is 3. The van der Waals surface area contributed by atoms with Gasteiger partial charge in [-0.2, -0.15) is 0 Å². The molecule has 0 bridgehead atoms. The molecule has 0 fully saturated rings. The Labute approximate surface area is 173 Å². The first-order valence-corrected chi connectivity index (χ1v) is 10.8. The Kier molecular flexibility index (Phi) is 5.40. The molecule has 29 heavy (non-hydrogen) atoms. The minimum atomic E-state index is 0.387. The molecular formula is C26H31N3. The van der Waals surface area contributed by atoms with Gasteiger partial charge in [-0.15, -0.1) is 0 Å². The van der Waals surface area contributed by atoms with Gasteiger partial charge in [0.2, 0.25) is 0 Å². The second-order valence-corrected chi connectivity index (χ2v) is 9.09. The first kappa shape index (κ1) is 19.6. The van der Waals surface area contributed by atoms with Gasteiger partial charge in [-0.3, -0.25) is 9.97 Å². The fourth-order valence-electron chi connectivity index (χ4n) is 4.65. The molecular weight excluding hydrogens is 354 g/mol. The minimum absolute atomic E-state index is 0.387. The zero-order valence-electron chi connectivity index (χ0n) is 18.0. The van der Waals surface area contributed by atoms with Gasteiger partial charge >= 0.3 is 0 Å². The Morgan fingerprint density at radius 1 is 0.897 bits per heavy atom. The minimum Gasteiger partial charge on any atom is -0.306 e. The Bertz CT molecular complexity index is 1050. The van der Waals surface area contributed by atoms with E-state index in [1.807, 2.05) is 24.8 Å². The summed E-state index contributed by atoms with van der Waals surface area (Å²) in [5.74, 6) is 0.553. The summed E-state index contributed by atoms with van der Waals surface area (Å²) in [7, 11) is 0. The molecule has 4 aromatic rings. The zero-order valence-corrected chi connectivity index (χ0v) is 18.0. The van der Waals surface area contributed by atoms with E-state index < -0.39 is 0 Å². The van der Waals surface area contributed by atoms with Crippen molar-refractivity contribution in [3.63, 3.8) is 0 Å². The SMILES string of the molecule is CCCCC(C)(C)CC(C)c1ccc(-n2c3cnccc3c3ccncc32)cc1. The average molecular weight is 386 g/mol. The third-order valence-corrected chi connectivity index (χ3v) is 6.16. The fourth-order valence-corrected chi connectivity index (χ4v) is 4.65. The Morgan fingerprint density at radius 3 is 2.03 bits per heavy atom. The highest BCUT2D eigenvalue weighted by Gasteiger charge is 2.21. The van der Waals surface area contributed by atoms with Gasteiger partial charge < -0.3 is 4.57 Å². The quantitative estimate of drug-likeness (QED) is 0.334. The number of hydrogen-bond donors (Lipinski definition) is 0. The number of nitrogens with zero attached hydrogens (tertiary/aromatic N) is 3. The van der Waals surface area contributed by atoms with Crippen LogP contribution in [-0.2, 0) is 0 Å². The van der Waals surface area contributed by atoms with Crippen LogP contribution >= 0.6 is 0 Å². The van der Waals surface area contributed by atoms with Crippen LogP contribution in [0.5, 0.6) is 0 Å². The molecule has 0 N–H and O–H groups in total. The number of fused-ring (bicyclic) bond motifs is 3. The van der Waals surface area contributed by atoms with Gasteiger partial charge in [-0.1, -0.05) is 52.7 Å². The molecule has 0 radical (unpaired) electrons. The lowest BCUT2D eigenvalue weighted by atomic mass is 9.77. The van der Waals surface area contributed by atoms with Crippen molar-refractivity contribution in [3.05, 3.63) is 66.7 Å². The van der Waals surface area contributed by atoms with Crippen LogP contribution in [0, 0.1) is 5.41 Å². The second kappa shape index (κ2) is 7.98. The lowest BCUT2D eigenvalue weighted by Crippen LogP contribution is -2.14. The molecule has 0 aliphatic rings. The van der Waals surface area contributed by atoms with Crippen molar-refractivity contribution in [2.75, 3.05) is 0 Å². The van der Waals surface area contributed by atoms with Crippen molar-refractivity contribution in [2.24, 2.45) is 5.41 Å².